The largest absolute Gasteiger partial charge is 0.481 e. The van der Waals surface area contributed by atoms with E-state index < -0.39 is 107 Å². The first-order chi connectivity index (χ1) is 26.8. The Hall–Kier alpha value is -2.58. The summed E-state index contributed by atoms with van der Waals surface area (Å²) in [6.07, 6.45) is -12.2. The Morgan fingerprint density at radius 1 is 0.695 bits per heavy atom. The van der Waals surface area contributed by atoms with Crippen molar-refractivity contribution in [3.63, 3.8) is 0 Å². The molecule has 19 atom stereocenters. The van der Waals surface area contributed by atoms with E-state index in [1.807, 2.05) is 26.8 Å². The van der Waals surface area contributed by atoms with E-state index >= 15 is 0 Å². The molecule has 0 aromatic carbocycles. The molecule has 1 unspecified atom stereocenters. The minimum absolute atomic E-state index is 0. The number of carboxylic acids is 3. The molecule has 0 aromatic rings. The number of allylic oxidation sites excluding steroid dienone is 2. The van der Waals surface area contributed by atoms with Gasteiger partial charge in [0.25, 0.3) is 0 Å². The summed E-state index contributed by atoms with van der Waals surface area (Å²) in [6.45, 7) is 14.8. The maximum atomic E-state index is 14.8. The highest BCUT2D eigenvalue weighted by Gasteiger charge is 2.71. The minimum atomic E-state index is -2.05. The number of aliphatic hydroxyl groups excluding tert-OH is 5. The normalized spacial score (nSPS) is 51.7. The van der Waals surface area contributed by atoms with E-state index in [0.717, 1.165) is 37.7 Å². The van der Waals surface area contributed by atoms with E-state index in [4.69, 9.17) is 18.9 Å². The van der Waals surface area contributed by atoms with Crippen molar-refractivity contribution in [2.24, 2.45) is 50.2 Å². The van der Waals surface area contributed by atoms with Crippen LogP contribution >= 0.6 is 0 Å². The predicted molar refractivity (Wildman–Crippen MR) is 204 cm³/mol. The molecule has 334 valence electrons. The third-order valence-electron chi connectivity index (χ3n) is 17.2. The van der Waals surface area contributed by atoms with E-state index in [1.54, 1.807) is 0 Å². The van der Waals surface area contributed by atoms with Crippen LogP contribution in [0.1, 0.15) is 106 Å². The zero-order valence-electron chi connectivity index (χ0n) is 35.1. The average Bonchev–Trinajstić information content (AvgIpc) is 3.13. The van der Waals surface area contributed by atoms with Crippen LogP contribution in [0.3, 0.4) is 0 Å². The van der Waals surface area contributed by atoms with Crippen LogP contribution in [0.4, 0.5) is 0 Å². The Bertz CT molecular complexity index is 1740. The number of ketones is 1. The molecule has 6 fully saturated rings. The molecular weight excluding hydrogens is 774 g/mol. The van der Waals surface area contributed by atoms with Gasteiger partial charge in [0.05, 0.1) is 11.5 Å². The Balaban J connectivity index is 0.00000585. The molecule has 2 aliphatic heterocycles. The Morgan fingerprint density at radius 3 is 1.86 bits per heavy atom. The van der Waals surface area contributed by atoms with Gasteiger partial charge in [0.2, 0.25) is 0 Å². The Kier molecular flexibility index (Phi) is 11.7. The Labute approximate surface area is 344 Å². The van der Waals surface area contributed by atoms with Crippen LogP contribution in [-0.4, -0.2) is 132 Å². The molecule has 0 bridgehead atoms. The Morgan fingerprint density at radius 2 is 1.27 bits per heavy atom. The van der Waals surface area contributed by atoms with Crippen molar-refractivity contribution in [3.8, 4) is 0 Å². The molecule has 7 rings (SSSR count). The fourth-order valence-corrected chi connectivity index (χ4v) is 13.4. The zero-order valence-corrected chi connectivity index (χ0v) is 35.1. The number of aliphatic carboxylic acids is 3. The van der Waals surface area contributed by atoms with E-state index in [1.165, 1.54) is 0 Å². The minimum Gasteiger partial charge on any atom is -0.481 e. The van der Waals surface area contributed by atoms with E-state index in [-0.39, 0.29) is 40.5 Å². The third kappa shape index (κ3) is 6.72. The monoisotopic (exact) mass is 839 g/mol. The van der Waals surface area contributed by atoms with Gasteiger partial charge in [0.1, 0.15) is 36.6 Å². The molecular formula is C42H65NO16. The second-order valence-corrected chi connectivity index (χ2v) is 20.6. The summed E-state index contributed by atoms with van der Waals surface area (Å²) in [6, 6.07) is 0. The molecule has 7 aliphatic rings. The molecule has 17 heteroatoms. The van der Waals surface area contributed by atoms with Crippen molar-refractivity contribution in [1.29, 1.82) is 0 Å². The average molecular weight is 840 g/mol. The number of ether oxygens (including phenoxy) is 4. The van der Waals surface area contributed by atoms with Gasteiger partial charge in [-0.25, -0.2) is 9.59 Å². The molecule has 0 amide bonds. The molecule has 2 saturated heterocycles. The summed E-state index contributed by atoms with van der Waals surface area (Å²) >= 11 is 0. The van der Waals surface area contributed by atoms with Crippen molar-refractivity contribution in [2.45, 2.75) is 174 Å². The standard InChI is InChI=1S/C42H62O16.H3N/c1-37(2)21-8-11-42(7)31(20(43)16-18-19-17-39(4,36(53)54)13-12-38(19,3)14-15-41(18,42)6)40(21,5)10-9-22(37)55-35-30(26(47)25(46)29(57-35)33(51)52)58-34-27(48)23(44)24(45)28(56-34)32(49)50;/h16,19,21-31,34-35,44-48H,8-15,17H2,1-7H3,(H,49,50)(H,51,52)(H,53,54);1H3/t19-,21?,22-,23-,24-,25-,26-,27+,28-,29-,30+,31+,34-,35-,38+,39-,40-,41+,42+;/m0./s1. The van der Waals surface area contributed by atoms with Crippen LogP contribution in [0, 0.1) is 50.2 Å². The van der Waals surface area contributed by atoms with Gasteiger partial charge < -0.3 is 66.0 Å². The maximum Gasteiger partial charge on any atom is 0.335 e. The van der Waals surface area contributed by atoms with Gasteiger partial charge in [-0.15, -0.1) is 0 Å². The van der Waals surface area contributed by atoms with Gasteiger partial charge >= 0.3 is 17.9 Å². The molecule has 17 nitrogen and oxygen atoms in total. The second kappa shape index (κ2) is 15.1. The molecule has 2 heterocycles. The van der Waals surface area contributed by atoms with Gasteiger partial charge in [-0.05, 0) is 110 Å². The van der Waals surface area contributed by atoms with E-state index in [9.17, 15) is 60.0 Å². The molecule has 11 N–H and O–H groups in total. The van der Waals surface area contributed by atoms with Crippen LogP contribution in [0.15, 0.2) is 11.6 Å². The van der Waals surface area contributed by atoms with Crippen molar-refractivity contribution >= 4 is 23.7 Å². The number of carbonyl (C=O) groups excluding carboxylic acids is 1. The quantitative estimate of drug-likeness (QED) is 0.166. The number of aliphatic hydroxyl groups is 5. The smallest absolute Gasteiger partial charge is 0.335 e. The van der Waals surface area contributed by atoms with Gasteiger partial charge in [0.15, 0.2) is 30.6 Å². The zero-order chi connectivity index (χ0) is 42.9. The molecule has 0 spiro atoms. The number of rotatable bonds is 7. The second-order valence-electron chi connectivity index (χ2n) is 20.6. The fraction of sp³-hybridized carbons (Fsp3) is 0.857. The summed E-state index contributed by atoms with van der Waals surface area (Å²) in [7, 11) is 0. The topological polar surface area (TPSA) is 302 Å². The summed E-state index contributed by atoms with van der Waals surface area (Å²) in [4.78, 5) is 51.3. The molecule has 5 aliphatic carbocycles. The molecule has 0 radical (unpaired) electrons. The van der Waals surface area contributed by atoms with Gasteiger partial charge in [0, 0.05) is 5.92 Å². The van der Waals surface area contributed by atoms with E-state index in [2.05, 4.69) is 27.7 Å². The summed E-state index contributed by atoms with van der Waals surface area (Å²) in [5.41, 5.74) is -1.81. The number of carbonyl (C=O) groups is 4. The lowest BCUT2D eigenvalue weighted by atomic mass is 9.33. The van der Waals surface area contributed by atoms with Crippen molar-refractivity contribution in [2.75, 3.05) is 0 Å². The lowest BCUT2D eigenvalue weighted by Crippen LogP contribution is -2.68. The fourth-order valence-electron chi connectivity index (χ4n) is 13.4. The van der Waals surface area contributed by atoms with Crippen LogP contribution in [0.5, 0.6) is 0 Å². The lowest BCUT2D eigenvalue weighted by molar-refractivity contribution is -0.371. The van der Waals surface area contributed by atoms with Gasteiger partial charge in [-0.1, -0.05) is 47.1 Å². The first-order valence-corrected chi connectivity index (χ1v) is 20.7. The molecule has 0 aromatic heterocycles. The van der Waals surface area contributed by atoms with Crippen LogP contribution in [-0.2, 0) is 38.1 Å². The number of carboxylic acid groups (broad SMARTS) is 3. The SMILES string of the molecule is CC1(C)C2CC[C@]3(C)[C@H](C(=O)C=C4[C@@H]5C[C@@](C)(C(=O)O)CC[C@]5(C)CC[C@]43C)[C@@]2(C)CC[C@@H]1O[C@H]1O[C@H](C(=O)O)[C@@H](O)[C@H](O)[C@H]1O[C@@H]1O[C@H](C(=O)O)[C@@H](O)[C@H](O)[C@H]1O.N. The summed E-state index contributed by atoms with van der Waals surface area (Å²) in [5, 5.41) is 83.0. The van der Waals surface area contributed by atoms with Crippen LogP contribution in [0.2, 0.25) is 0 Å². The highest BCUT2D eigenvalue weighted by Crippen LogP contribution is 2.75. The molecule has 59 heavy (non-hydrogen) atoms. The number of hydrogen-bond donors (Lipinski definition) is 9. The van der Waals surface area contributed by atoms with Crippen molar-refractivity contribution in [3.05, 3.63) is 11.6 Å². The lowest BCUT2D eigenvalue weighted by Gasteiger charge is -2.70. The predicted octanol–water partition coefficient (Wildman–Crippen LogP) is 2.41. The summed E-state index contributed by atoms with van der Waals surface area (Å²) in [5.74, 6) is -4.47. The molecule has 4 saturated carbocycles. The third-order valence-corrected chi connectivity index (χ3v) is 17.2. The number of fused-ring (bicyclic) bond motifs is 7. The van der Waals surface area contributed by atoms with Crippen molar-refractivity contribution in [1.82, 2.24) is 6.15 Å². The van der Waals surface area contributed by atoms with Gasteiger partial charge in [-0.2, -0.15) is 0 Å². The first-order valence-electron chi connectivity index (χ1n) is 20.7. The number of hydrogen-bond acceptors (Lipinski definition) is 14. The van der Waals surface area contributed by atoms with Crippen molar-refractivity contribution < 1.29 is 79.0 Å². The highest BCUT2D eigenvalue weighted by atomic mass is 16.8. The maximum absolute atomic E-state index is 14.8. The summed E-state index contributed by atoms with van der Waals surface area (Å²) < 4.78 is 23.4. The van der Waals surface area contributed by atoms with E-state index in [0.29, 0.717) is 25.7 Å². The first kappa shape index (κ1) is 45.9. The highest BCUT2D eigenvalue weighted by molar-refractivity contribution is 5.95. The van der Waals surface area contributed by atoms with Crippen LogP contribution in [0.25, 0.3) is 0 Å². The van der Waals surface area contributed by atoms with Crippen LogP contribution < -0.4 is 6.15 Å². The van der Waals surface area contributed by atoms with Gasteiger partial charge in [-0.3, -0.25) is 9.59 Å².